The second kappa shape index (κ2) is 6.31. The molecule has 1 unspecified atom stereocenters. The number of benzene rings is 1. The van der Waals surface area contributed by atoms with E-state index in [0.29, 0.717) is 23.0 Å². The molecule has 0 amide bonds. The zero-order valence-electron chi connectivity index (χ0n) is 14.7. The Kier molecular flexibility index (Phi) is 4.50. The third-order valence-corrected chi connectivity index (χ3v) is 6.80. The second-order valence-corrected chi connectivity index (χ2v) is 8.73. The van der Waals surface area contributed by atoms with Crippen molar-refractivity contribution in [2.75, 3.05) is 20.6 Å². The fourth-order valence-electron chi connectivity index (χ4n) is 3.38. The van der Waals surface area contributed by atoms with Gasteiger partial charge in [0.05, 0.1) is 17.9 Å². The highest BCUT2D eigenvalue weighted by Gasteiger charge is 2.28. The quantitative estimate of drug-likeness (QED) is 0.866. The highest BCUT2D eigenvalue weighted by molar-refractivity contribution is 7.89. The van der Waals surface area contributed by atoms with E-state index in [9.17, 15) is 8.42 Å². The van der Waals surface area contributed by atoms with Gasteiger partial charge in [-0.1, -0.05) is 24.3 Å². The van der Waals surface area contributed by atoms with Gasteiger partial charge in [0, 0.05) is 26.1 Å². The molecule has 2 aromatic rings. The van der Waals surface area contributed by atoms with Gasteiger partial charge in [-0.3, -0.25) is 0 Å². The van der Waals surface area contributed by atoms with E-state index in [2.05, 4.69) is 29.4 Å². The standard InChI is InChI=1S/C17H24N4O2S/c1-13-17(24(22,23)19(3)4)14(2)21(18-13)12-20-10-9-15-7-5-6-8-16(15)11-20/h5-8H,9-12H2,1-4H3/p+1. The van der Waals surface area contributed by atoms with Crippen LogP contribution >= 0.6 is 0 Å². The highest BCUT2D eigenvalue weighted by atomic mass is 32.2. The largest absolute Gasteiger partial charge is 0.312 e. The Morgan fingerprint density at radius 2 is 1.88 bits per heavy atom. The van der Waals surface area contributed by atoms with E-state index in [1.54, 1.807) is 21.0 Å². The Morgan fingerprint density at radius 3 is 2.54 bits per heavy atom. The minimum Gasteiger partial charge on any atom is -0.312 e. The molecule has 0 fully saturated rings. The first kappa shape index (κ1) is 17.1. The Hall–Kier alpha value is -1.70. The summed E-state index contributed by atoms with van der Waals surface area (Å²) < 4.78 is 28.1. The van der Waals surface area contributed by atoms with E-state index in [0.717, 1.165) is 19.5 Å². The molecule has 1 atom stereocenters. The number of rotatable bonds is 4. The monoisotopic (exact) mass is 349 g/mol. The van der Waals surface area contributed by atoms with Crippen LogP contribution < -0.4 is 4.90 Å². The molecule has 1 aliphatic heterocycles. The van der Waals surface area contributed by atoms with Gasteiger partial charge in [-0.15, -0.1) is 0 Å². The first-order valence-corrected chi connectivity index (χ1v) is 9.61. The maximum atomic E-state index is 12.5. The Balaban J connectivity index is 1.85. The van der Waals surface area contributed by atoms with Crippen molar-refractivity contribution in [3.05, 3.63) is 46.8 Å². The number of aryl methyl sites for hydroxylation is 1. The number of nitrogens with one attached hydrogen (secondary N) is 1. The van der Waals surface area contributed by atoms with E-state index >= 15 is 0 Å². The fourth-order valence-corrected chi connectivity index (χ4v) is 4.64. The van der Waals surface area contributed by atoms with Crippen molar-refractivity contribution in [1.82, 2.24) is 14.1 Å². The van der Waals surface area contributed by atoms with Crippen molar-refractivity contribution >= 4 is 10.0 Å². The molecule has 1 N–H and O–H groups in total. The number of nitrogens with zero attached hydrogens (tertiary/aromatic N) is 3. The van der Waals surface area contributed by atoms with Crippen molar-refractivity contribution in [3.63, 3.8) is 0 Å². The summed E-state index contributed by atoms with van der Waals surface area (Å²) in [6, 6.07) is 8.53. The van der Waals surface area contributed by atoms with Gasteiger partial charge in [-0.2, -0.15) is 5.10 Å². The zero-order valence-corrected chi connectivity index (χ0v) is 15.5. The number of quaternary nitrogens is 1. The summed E-state index contributed by atoms with van der Waals surface area (Å²) in [4.78, 5) is 1.73. The molecule has 0 bridgehead atoms. The van der Waals surface area contributed by atoms with Gasteiger partial charge in [0.2, 0.25) is 10.0 Å². The van der Waals surface area contributed by atoms with Crippen molar-refractivity contribution < 1.29 is 13.3 Å². The minimum atomic E-state index is -3.47. The van der Waals surface area contributed by atoms with E-state index in [1.807, 2.05) is 11.6 Å². The SMILES string of the molecule is Cc1nn(C[NH+]2CCc3ccccc3C2)c(C)c1S(=O)(=O)N(C)C. The molecular weight excluding hydrogens is 324 g/mol. The van der Waals surface area contributed by atoms with Crippen molar-refractivity contribution in [2.24, 2.45) is 0 Å². The van der Waals surface area contributed by atoms with Crippen LogP contribution in [0.1, 0.15) is 22.5 Å². The highest BCUT2D eigenvalue weighted by Crippen LogP contribution is 2.21. The van der Waals surface area contributed by atoms with Crippen LogP contribution in [0.25, 0.3) is 0 Å². The minimum absolute atomic E-state index is 0.337. The van der Waals surface area contributed by atoms with Crippen LogP contribution in [0.2, 0.25) is 0 Å². The molecular formula is C17H25N4O2S+. The summed E-state index contributed by atoms with van der Waals surface area (Å²) in [5, 5.41) is 4.50. The van der Waals surface area contributed by atoms with Gasteiger partial charge in [0.15, 0.2) is 6.67 Å². The number of hydrogen-bond donors (Lipinski definition) is 1. The van der Waals surface area contributed by atoms with Crippen molar-refractivity contribution in [2.45, 2.75) is 38.4 Å². The first-order valence-electron chi connectivity index (χ1n) is 8.17. The van der Waals surface area contributed by atoms with Gasteiger partial charge >= 0.3 is 0 Å². The topological polar surface area (TPSA) is 59.6 Å². The average molecular weight is 349 g/mol. The lowest BCUT2D eigenvalue weighted by Crippen LogP contribution is -3.11. The molecule has 130 valence electrons. The van der Waals surface area contributed by atoms with E-state index in [-0.39, 0.29) is 0 Å². The normalized spacial score (nSPS) is 18.0. The van der Waals surface area contributed by atoms with E-state index in [4.69, 9.17) is 0 Å². The van der Waals surface area contributed by atoms with Crippen molar-refractivity contribution in [3.8, 4) is 0 Å². The molecule has 0 radical (unpaired) electrons. The molecule has 1 aromatic carbocycles. The molecule has 1 aliphatic rings. The van der Waals surface area contributed by atoms with Gasteiger partial charge in [-0.25, -0.2) is 17.4 Å². The van der Waals surface area contributed by atoms with Crippen LogP contribution in [-0.4, -0.2) is 43.1 Å². The predicted octanol–water partition coefficient (Wildman–Crippen LogP) is 0.349. The molecule has 7 heteroatoms. The van der Waals surface area contributed by atoms with Gasteiger partial charge in [-0.05, 0) is 19.4 Å². The molecule has 2 heterocycles. The molecule has 1 aromatic heterocycles. The summed E-state index contributed by atoms with van der Waals surface area (Å²) in [5.74, 6) is 0. The summed E-state index contributed by atoms with van der Waals surface area (Å²) >= 11 is 0. The Morgan fingerprint density at radius 1 is 1.21 bits per heavy atom. The number of sulfonamides is 1. The smallest absolute Gasteiger partial charge is 0.246 e. The lowest BCUT2D eigenvalue weighted by atomic mass is 10.0. The Labute approximate surface area is 143 Å². The third kappa shape index (κ3) is 2.99. The first-order chi connectivity index (χ1) is 11.3. The number of hydrogen-bond acceptors (Lipinski definition) is 3. The van der Waals surface area contributed by atoms with Crippen LogP contribution in [0.15, 0.2) is 29.2 Å². The van der Waals surface area contributed by atoms with Gasteiger partial charge in [0.25, 0.3) is 0 Å². The van der Waals surface area contributed by atoms with Gasteiger partial charge in [0.1, 0.15) is 11.4 Å². The number of aromatic nitrogens is 2. The van der Waals surface area contributed by atoms with Gasteiger partial charge < -0.3 is 4.90 Å². The predicted molar refractivity (Wildman–Crippen MR) is 92.3 cm³/mol. The molecule has 0 spiro atoms. The number of fused-ring (bicyclic) bond motifs is 1. The van der Waals surface area contributed by atoms with E-state index in [1.165, 1.54) is 20.3 Å². The summed E-state index contributed by atoms with van der Waals surface area (Å²) in [5.41, 5.74) is 4.08. The summed E-state index contributed by atoms with van der Waals surface area (Å²) in [6.07, 6.45) is 1.05. The van der Waals surface area contributed by atoms with Crippen LogP contribution in [-0.2, 0) is 29.7 Å². The third-order valence-electron chi connectivity index (χ3n) is 4.73. The van der Waals surface area contributed by atoms with Crippen LogP contribution in [0.3, 0.4) is 0 Å². The molecule has 24 heavy (non-hydrogen) atoms. The average Bonchev–Trinajstić information content (AvgIpc) is 2.81. The van der Waals surface area contributed by atoms with E-state index < -0.39 is 10.0 Å². The molecule has 0 saturated carbocycles. The Bertz CT molecular complexity index is 855. The lowest BCUT2D eigenvalue weighted by molar-refractivity contribution is -0.939. The molecule has 0 aliphatic carbocycles. The molecule has 6 nitrogen and oxygen atoms in total. The second-order valence-electron chi connectivity index (χ2n) is 6.64. The maximum absolute atomic E-state index is 12.5. The lowest BCUT2D eigenvalue weighted by Gasteiger charge is -2.26. The fraction of sp³-hybridized carbons (Fsp3) is 0.471. The summed E-state index contributed by atoms with van der Waals surface area (Å²) in [7, 11) is -0.358. The van der Waals surface area contributed by atoms with Crippen LogP contribution in [0.4, 0.5) is 0 Å². The zero-order chi connectivity index (χ0) is 17.5. The molecule has 0 saturated heterocycles. The maximum Gasteiger partial charge on any atom is 0.246 e. The van der Waals surface area contributed by atoms with Crippen LogP contribution in [0, 0.1) is 13.8 Å². The van der Waals surface area contributed by atoms with Crippen molar-refractivity contribution in [1.29, 1.82) is 0 Å². The van der Waals surface area contributed by atoms with Crippen LogP contribution in [0.5, 0.6) is 0 Å². The molecule has 3 rings (SSSR count). The summed E-state index contributed by atoms with van der Waals surface area (Å²) in [6.45, 7) is 6.27.